The number of aromatic amines is 1. The number of H-pyrrole nitrogens is 1. The second kappa shape index (κ2) is 8.12. The van der Waals surface area contributed by atoms with Crippen LogP contribution < -0.4 is 0 Å². The molecule has 28 heavy (non-hydrogen) atoms. The Morgan fingerprint density at radius 3 is 2.57 bits per heavy atom. The van der Waals surface area contributed by atoms with E-state index in [0.717, 1.165) is 29.7 Å². The van der Waals surface area contributed by atoms with Gasteiger partial charge in [0.25, 0.3) is 0 Å². The first-order valence-electron chi connectivity index (χ1n) is 10.2. The van der Waals surface area contributed by atoms with E-state index in [9.17, 15) is 9.59 Å². The second-order valence-electron chi connectivity index (χ2n) is 8.16. The normalized spacial score (nSPS) is 20.1. The van der Waals surface area contributed by atoms with Gasteiger partial charge in [-0.2, -0.15) is 0 Å². The topological polar surface area (TPSA) is 59.2 Å². The van der Waals surface area contributed by atoms with Gasteiger partial charge < -0.3 is 9.72 Å². The van der Waals surface area contributed by atoms with Gasteiger partial charge in [0.2, 0.25) is 0 Å². The van der Waals surface area contributed by atoms with Crippen molar-refractivity contribution in [1.29, 1.82) is 0 Å². The maximum absolute atomic E-state index is 12.8. The van der Waals surface area contributed by atoms with Crippen molar-refractivity contribution < 1.29 is 14.3 Å². The lowest BCUT2D eigenvalue weighted by atomic mass is 9.81. The van der Waals surface area contributed by atoms with E-state index in [4.69, 9.17) is 16.3 Å². The van der Waals surface area contributed by atoms with Crippen LogP contribution in [0.4, 0.5) is 0 Å². The molecule has 1 saturated carbocycles. The summed E-state index contributed by atoms with van der Waals surface area (Å²) < 4.78 is 5.59. The first kappa shape index (κ1) is 19.3. The van der Waals surface area contributed by atoms with E-state index in [1.165, 1.54) is 19.3 Å². The lowest BCUT2D eigenvalue weighted by Crippen LogP contribution is -2.18. The first-order chi connectivity index (χ1) is 13.5. The summed E-state index contributed by atoms with van der Waals surface area (Å²) in [6.07, 6.45) is 7.15. The van der Waals surface area contributed by atoms with Crippen LogP contribution >= 0.6 is 11.6 Å². The molecule has 1 fully saturated rings. The Kier molecular flexibility index (Phi) is 5.58. The van der Waals surface area contributed by atoms with Gasteiger partial charge >= 0.3 is 5.97 Å². The highest BCUT2D eigenvalue weighted by molar-refractivity contribution is 6.30. The molecule has 2 aromatic rings. The number of nitrogens with one attached hydrogen (secondary N) is 1. The highest BCUT2D eigenvalue weighted by Gasteiger charge is 2.32. The molecule has 4 rings (SSSR count). The van der Waals surface area contributed by atoms with E-state index < -0.39 is 0 Å². The van der Waals surface area contributed by atoms with Crippen molar-refractivity contribution in [1.82, 2.24) is 4.98 Å². The Hall–Kier alpha value is -2.07. The number of aromatic nitrogens is 1. The molecular formula is C23H26ClNO3. The maximum Gasteiger partial charge on any atom is 0.355 e. The molecule has 0 unspecified atom stereocenters. The second-order valence-corrected chi connectivity index (χ2v) is 8.60. The van der Waals surface area contributed by atoms with Crippen LogP contribution in [-0.4, -0.2) is 23.3 Å². The molecule has 0 bridgehead atoms. The van der Waals surface area contributed by atoms with Crippen LogP contribution in [0.3, 0.4) is 0 Å². The summed E-state index contributed by atoms with van der Waals surface area (Å²) in [6, 6.07) is 7.65. The van der Waals surface area contributed by atoms with Crippen molar-refractivity contribution in [3.05, 3.63) is 57.4 Å². The molecule has 0 amide bonds. The molecule has 0 aliphatic heterocycles. The number of halogens is 1. The van der Waals surface area contributed by atoms with Crippen molar-refractivity contribution in [3.8, 4) is 0 Å². The zero-order chi connectivity index (χ0) is 19.7. The molecule has 4 nitrogen and oxygen atoms in total. The predicted octanol–water partition coefficient (Wildman–Crippen LogP) is 5.63. The number of carbonyl (C=O) groups excluding carboxylic acids is 2. The molecule has 148 valence electrons. The SMILES string of the molecule is Cc1c(C(=O)OCC2CCCCC2)[nH]c2c1C(=O)C[C@@H](c1ccc(Cl)cc1)C2. The third kappa shape index (κ3) is 3.88. The molecule has 0 saturated heterocycles. The van der Waals surface area contributed by atoms with Crippen molar-refractivity contribution in [2.45, 2.75) is 57.8 Å². The minimum absolute atomic E-state index is 0.0845. The molecule has 1 N–H and O–H groups in total. The summed E-state index contributed by atoms with van der Waals surface area (Å²) in [5.41, 5.74) is 3.78. The third-order valence-electron chi connectivity index (χ3n) is 6.21. The largest absolute Gasteiger partial charge is 0.461 e. The van der Waals surface area contributed by atoms with Crippen LogP contribution in [0.25, 0.3) is 0 Å². The van der Waals surface area contributed by atoms with Gasteiger partial charge in [0.15, 0.2) is 5.78 Å². The number of hydrogen-bond acceptors (Lipinski definition) is 3. The quantitative estimate of drug-likeness (QED) is 0.678. The maximum atomic E-state index is 12.8. The zero-order valence-electron chi connectivity index (χ0n) is 16.2. The van der Waals surface area contributed by atoms with Gasteiger partial charge in [0.05, 0.1) is 6.61 Å². The van der Waals surface area contributed by atoms with Crippen molar-refractivity contribution in [3.63, 3.8) is 0 Å². The smallest absolute Gasteiger partial charge is 0.355 e. The number of hydrogen-bond donors (Lipinski definition) is 1. The zero-order valence-corrected chi connectivity index (χ0v) is 17.0. The first-order valence-corrected chi connectivity index (χ1v) is 10.6. The summed E-state index contributed by atoms with van der Waals surface area (Å²) in [5.74, 6) is 0.314. The number of ketones is 1. The number of benzene rings is 1. The Bertz CT molecular complexity index is 878. The molecule has 2 aliphatic carbocycles. The number of rotatable bonds is 4. The monoisotopic (exact) mass is 399 g/mol. The fraction of sp³-hybridized carbons (Fsp3) is 0.478. The van der Waals surface area contributed by atoms with E-state index >= 15 is 0 Å². The minimum Gasteiger partial charge on any atom is -0.461 e. The Morgan fingerprint density at radius 1 is 1.14 bits per heavy atom. The summed E-state index contributed by atoms with van der Waals surface area (Å²) in [4.78, 5) is 28.7. The van der Waals surface area contributed by atoms with Crippen molar-refractivity contribution in [2.75, 3.05) is 6.61 Å². The van der Waals surface area contributed by atoms with Crippen molar-refractivity contribution in [2.24, 2.45) is 5.92 Å². The Labute approximate surface area is 170 Å². The van der Waals surface area contributed by atoms with Gasteiger partial charge in [-0.3, -0.25) is 4.79 Å². The Morgan fingerprint density at radius 2 is 1.86 bits per heavy atom. The molecule has 0 radical (unpaired) electrons. The molecule has 1 heterocycles. The van der Waals surface area contributed by atoms with Crippen LogP contribution in [-0.2, 0) is 11.2 Å². The van der Waals surface area contributed by atoms with E-state index in [-0.39, 0.29) is 17.7 Å². The fourth-order valence-electron chi connectivity index (χ4n) is 4.63. The van der Waals surface area contributed by atoms with Gasteiger partial charge in [0.1, 0.15) is 5.69 Å². The van der Waals surface area contributed by atoms with Gasteiger partial charge in [-0.05, 0) is 61.3 Å². The number of ether oxygens (including phenoxy) is 1. The Balaban J connectivity index is 1.50. The summed E-state index contributed by atoms with van der Waals surface area (Å²) in [7, 11) is 0. The van der Waals surface area contributed by atoms with E-state index in [1.54, 1.807) is 0 Å². The van der Waals surface area contributed by atoms with Crippen molar-refractivity contribution >= 4 is 23.4 Å². The molecular weight excluding hydrogens is 374 g/mol. The standard InChI is InChI=1S/C23H26ClNO3/c1-14-21-19(11-17(12-20(21)26)16-7-9-18(24)10-8-16)25-22(14)23(27)28-13-15-5-3-2-4-6-15/h7-10,15,17,25H,2-6,11-13H2,1H3/t17-/m0/s1. The lowest BCUT2D eigenvalue weighted by molar-refractivity contribution is 0.0403. The average molecular weight is 400 g/mol. The van der Waals surface area contributed by atoms with E-state index in [1.807, 2.05) is 31.2 Å². The van der Waals surface area contributed by atoms with Crippen LogP contribution in [0.1, 0.15) is 82.1 Å². The number of fused-ring (bicyclic) bond motifs is 1. The van der Waals surface area contributed by atoms with E-state index in [2.05, 4.69) is 4.98 Å². The van der Waals surface area contributed by atoms with Gasteiger partial charge in [-0.25, -0.2) is 4.79 Å². The fourth-order valence-corrected chi connectivity index (χ4v) is 4.75. The molecule has 0 spiro atoms. The lowest BCUT2D eigenvalue weighted by Gasteiger charge is -2.22. The van der Waals surface area contributed by atoms with Crippen LogP contribution in [0, 0.1) is 12.8 Å². The van der Waals surface area contributed by atoms with Crippen LogP contribution in [0.15, 0.2) is 24.3 Å². The number of esters is 1. The molecule has 1 aromatic heterocycles. The van der Waals surface area contributed by atoms with Gasteiger partial charge in [-0.1, -0.05) is 43.0 Å². The van der Waals surface area contributed by atoms with Crippen LogP contribution in [0.2, 0.25) is 5.02 Å². The predicted molar refractivity (Wildman–Crippen MR) is 109 cm³/mol. The highest BCUT2D eigenvalue weighted by Crippen LogP contribution is 2.35. The third-order valence-corrected chi connectivity index (χ3v) is 6.46. The summed E-state index contributed by atoms with van der Waals surface area (Å²) >= 11 is 5.98. The average Bonchev–Trinajstić information content (AvgIpc) is 3.04. The highest BCUT2D eigenvalue weighted by atomic mass is 35.5. The molecule has 1 aromatic carbocycles. The summed E-state index contributed by atoms with van der Waals surface area (Å²) in [5, 5.41) is 0.685. The number of carbonyl (C=O) groups is 2. The van der Waals surface area contributed by atoms with Crippen LogP contribution in [0.5, 0.6) is 0 Å². The molecule has 5 heteroatoms. The van der Waals surface area contributed by atoms with Gasteiger partial charge in [-0.15, -0.1) is 0 Å². The van der Waals surface area contributed by atoms with E-state index in [0.29, 0.717) is 41.6 Å². The summed E-state index contributed by atoms with van der Waals surface area (Å²) in [6.45, 7) is 2.32. The molecule has 1 atom stereocenters. The number of Topliss-reactive ketones (excluding diaryl/α,β-unsaturated/α-hetero) is 1. The van der Waals surface area contributed by atoms with Gasteiger partial charge in [0, 0.05) is 22.7 Å². The minimum atomic E-state index is -0.340. The molecule has 2 aliphatic rings.